The van der Waals surface area contributed by atoms with Crippen LogP contribution in [0, 0.1) is 0 Å². The van der Waals surface area contributed by atoms with Crippen molar-refractivity contribution in [2.45, 2.75) is 24.7 Å². The molecule has 0 radical (unpaired) electrons. The number of unbranched alkanes of at least 4 members (excludes halogenated alkanes) is 1. The first-order chi connectivity index (χ1) is 10.4. The SMILES string of the molecule is CCCCN(C)C(=O)c1ccccc1S(=O)(=O)NCCNC.Cl. The lowest BCUT2D eigenvalue weighted by Gasteiger charge is -2.19. The van der Waals surface area contributed by atoms with E-state index < -0.39 is 10.0 Å². The molecule has 0 saturated carbocycles. The van der Waals surface area contributed by atoms with Crippen LogP contribution in [0.25, 0.3) is 0 Å². The molecule has 0 aliphatic rings. The molecule has 1 amide bonds. The van der Waals surface area contributed by atoms with Gasteiger partial charge >= 0.3 is 0 Å². The minimum Gasteiger partial charge on any atom is -0.342 e. The highest BCUT2D eigenvalue weighted by atomic mass is 35.5. The zero-order valence-corrected chi connectivity index (χ0v) is 15.5. The second kappa shape index (κ2) is 10.6. The smallest absolute Gasteiger partial charge is 0.254 e. The van der Waals surface area contributed by atoms with Crippen molar-refractivity contribution in [3.05, 3.63) is 29.8 Å². The van der Waals surface area contributed by atoms with Gasteiger partial charge in [-0.1, -0.05) is 25.5 Å². The fourth-order valence-electron chi connectivity index (χ4n) is 1.97. The second-order valence-corrected chi connectivity index (χ2v) is 6.81. The molecule has 8 heteroatoms. The fraction of sp³-hybridized carbons (Fsp3) is 0.533. The monoisotopic (exact) mass is 363 g/mol. The summed E-state index contributed by atoms with van der Waals surface area (Å²) in [6.45, 7) is 3.44. The molecule has 0 aromatic heterocycles. The molecule has 0 saturated heterocycles. The highest BCUT2D eigenvalue weighted by molar-refractivity contribution is 7.89. The van der Waals surface area contributed by atoms with E-state index in [-0.39, 0.29) is 35.3 Å². The number of halogens is 1. The standard InChI is InChI=1S/C15H25N3O3S.ClH/c1-4-5-12-18(3)15(19)13-8-6-7-9-14(13)22(20,21)17-11-10-16-2;/h6-9,16-17H,4-5,10-12H2,1-3H3;1H. The molecule has 0 heterocycles. The number of carbonyl (C=O) groups excluding carboxylic acids is 1. The van der Waals surface area contributed by atoms with Gasteiger partial charge in [-0.2, -0.15) is 0 Å². The number of sulfonamides is 1. The summed E-state index contributed by atoms with van der Waals surface area (Å²) in [5.41, 5.74) is 0.207. The number of hydrogen-bond donors (Lipinski definition) is 2. The summed E-state index contributed by atoms with van der Waals surface area (Å²) >= 11 is 0. The lowest BCUT2D eigenvalue weighted by Crippen LogP contribution is -2.33. The Labute approximate surface area is 145 Å². The molecule has 23 heavy (non-hydrogen) atoms. The lowest BCUT2D eigenvalue weighted by atomic mass is 10.2. The molecule has 0 aliphatic heterocycles. The number of rotatable bonds is 9. The van der Waals surface area contributed by atoms with E-state index >= 15 is 0 Å². The van der Waals surface area contributed by atoms with Crippen LogP contribution in [-0.4, -0.2) is 53.0 Å². The van der Waals surface area contributed by atoms with E-state index in [2.05, 4.69) is 10.0 Å². The van der Waals surface area contributed by atoms with Gasteiger partial charge < -0.3 is 10.2 Å². The summed E-state index contributed by atoms with van der Waals surface area (Å²) in [6, 6.07) is 6.31. The summed E-state index contributed by atoms with van der Waals surface area (Å²) in [6.07, 6.45) is 1.86. The Bertz CT molecular complexity index is 593. The first-order valence-corrected chi connectivity index (χ1v) is 8.91. The number of likely N-dealkylation sites (N-methyl/N-ethyl adjacent to an activating group) is 1. The topological polar surface area (TPSA) is 78.5 Å². The van der Waals surface area contributed by atoms with Crippen molar-refractivity contribution in [2.75, 3.05) is 33.7 Å². The van der Waals surface area contributed by atoms with Gasteiger partial charge in [-0.3, -0.25) is 4.79 Å². The van der Waals surface area contributed by atoms with Crippen LogP contribution in [0.5, 0.6) is 0 Å². The Morgan fingerprint density at radius 2 is 1.87 bits per heavy atom. The molecule has 1 aromatic rings. The number of nitrogens with one attached hydrogen (secondary N) is 2. The first kappa shape index (κ1) is 21.9. The maximum Gasteiger partial charge on any atom is 0.254 e. The van der Waals surface area contributed by atoms with Crippen molar-refractivity contribution in [3.8, 4) is 0 Å². The Morgan fingerprint density at radius 3 is 2.48 bits per heavy atom. The molecular formula is C15H26ClN3O3S. The summed E-state index contributed by atoms with van der Waals surface area (Å²) < 4.78 is 27.2. The minimum atomic E-state index is -3.70. The van der Waals surface area contributed by atoms with Crippen LogP contribution in [0.4, 0.5) is 0 Å². The minimum absolute atomic E-state index is 0. The third-order valence-corrected chi connectivity index (χ3v) is 4.79. The van der Waals surface area contributed by atoms with Gasteiger partial charge in [-0.05, 0) is 25.6 Å². The summed E-state index contributed by atoms with van der Waals surface area (Å²) in [7, 11) is -0.265. The van der Waals surface area contributed by atoms with Gasteiger partial charge in [0, 0.05) is 26.7 Å². The molecule has 0 atom stereocenters. The average Bonchev–Trinajstić information content (AvgIpc) is 2.52. The molecule has 132 valence electrons. The molecule has 6 nitrogen and oxygen atoms in total. The van der Waals surface area contributed by atoms with Gasteiger partial charge in [-0.25, -0.2) is 13.1 Å². The molecular weight excluding hydrogens is 338 g/mol. The molecule has 1 rings (SSSR count). The van der Waals surface area contributed by atoms with Crippen molar-refractivity contribution in [1.29, 1.82) is 0 Å². The van der Waals surface area contributed by atoms with Crippen molar-refractivity contribution >= 4 is 28.3 Å². The van der Waals surface area contributed by atoms with Crippen molar-refractivity contribution in [3.63, 3.8) is 0 Å². The molecule has 0 aliphatic carbocycles. The van der Waals surface area contributed by atoms with Gasteiger partial charge in [0.2, 0.25) is 10.0 Å². The number of amides is 1. The van der Waals surface area contributed by atoms with Crippen LogP contribution in [-0.2, 0) is 10.0 Å². The normalized spacial score (nSPS) is 10.9. The van der Waals surface area contributed by atoms with Gasteiger partial charge in [0.25, 0.3) is 5.91 Å². The van der Waals surface area contributed by atoms with Crippen LogP contribution < -0.4 is 10.0 Å². The molecule has 1 aromatic carbocycles. The van der Waals surface area contributed by atoms with E-state index in [4.69, 9.17) is 0 Å². The van der Waals surface area contributed by atoms with Gasteiger partial charge in [0.1, 0.15) is 0 Å². The van der Waals surface area contributed by atoms with Crippen molar-refractivity contribution < 1.29 is 13.2 Å². The van der Waals surface area contributed by atoms with E-state index in [1.54, 1.807) is 37.2 Å². The Morgan fingerprint density at radius 1 is 1.22 bits per heavy atom. The quantitative estimate of drug-likeness (QED) is 0.651. The highest BCUT2D eigenvalue weighted by Crippen LogP contribution is 2.17. The summed E-state index contributed by atoms with van der Waals surface area (Å²) in [5, 5.41) is 2.87. The number of carbonyl (C=O) groups is 1. The number of hydrogen-bond acceptors (Lipinski definition) is 4. The second-order valence-electron chi connectivity index (χ2n) is 5.08. The summed E-state index contributed by atoms with van der Waals surface area (Å²) in [4.78, 5) is 14.1. The average molecular weight is 364 g/mol. The van der Waals surface area contributed by atoms with Gasteiger partial charge in [-0.15, -0.1) is 12.4 Å². The molecule has 0 fully saturated rings. The Hall–Kier alpha value is -1.15. The summed E-state index contributed by atoms with van der Waals surface area (Å²) in [5.74, 6) is -0.275. The molecule has 0 spiro atoms. The third-order valence-electron chi connectivity index (χ3n) is 3.27. The molecule has 2 N–H and O–H groups in total. The van der Waals surface area contributed by atoms with E-state index in [0.29, 0.717) is 13.1 Å². The third kappa shape index (κ3) is 6.47. The van der Waals surface area contributed by atoms with Gasteiger partial charge in [0.05, 0.1) is 10.5 Å². The van der Waals surface area contributed by atoms with Crippen molar-refractivity contribution in [2.24, 2.45) is 0 Å². The van der Waals surface area contributed by atoms with E-state index in [1.807, 2.05) is 6.92 Å². The van der Waals surface area contributed by atoms with Gasteiger partial charge in [0.15, 0.2) is 0 Å². The van der Waals surface area contributed by atoms with Crippen LogP contribution >= 0.6 is 12.4 Å². The zero-order valence-electron chi connectivity index (χ0n) is 13.8. The lowest BCUT2D eigenvalue weighted by molar-refractivity contribution is 0.0789. The fourth-order valence-corrected chi connectivity index (χ4v) is 3.20. The predicted molar refractivity (Wildman–Crippen MR) is 94.7 cm³/mol. The maximum atomic E-state index is 12.5. The van der Waals surface area contributed by atoms with E-state index in [1.165, 1.54) is 6.07 Å². The number of nitrogens with zero attached hydrogens (tertiary/aromatic N) is 1. The maximum absolute atomic E-state index is 12.5. The van der Waals surface area contributed by atoms with Crippen LogP contribution in [0.3, 0.4) is 0 Å². The van der Waals surface area contributed by atoms with Crippen LogP contribution in [0.2, 0.25) is 0 Å². The Kier molecular flexibility index (Phi) is 10.1. The Balaban J connectivity index is 0.00000484. The van der Waals surface area contributed by atoms with Crippen LogP contribution in [0.15, 0.2) is 29.2 Å². The molecule has 0 bridgehead atoms. The predicted octanol–water partition coefficient (Wildman–Crippen LogP) is 1.48. The first-order valence-electron chi connectivity index (χ1n) is 7.42. The molecule has 0 unspecified atom stereocenters. The van der Waals surface area contributed by atoms with E-state index in [0.717, 1.165) is 12.8 Å². The van der Waals surface area contributed by atoms with Crippen LogP contribution in [0.1, 0.15) is 30.1 Å². The largest absolute Gasteiger partial charge is 0.342 e. The number of benzene rings is 1. The zero-order chi connectivity index (χ0) is 16.6. The van der Waals surface area contributed by atoms with Crippen molar-refractivity contribution in [1.82, 2.24) is 14.9 Å². The highest BCUT2D eigenvalue weighted by Gasteiger charge is 2.23. The van der Waals surface area contributed by atoms with E-state index in [9.17, 15) is 13.2 Å².